The summed E-state index contributed by atoms with van der Waals surface area (Å²) in [4.78, 5) is 15.9. The molecule has 140 valence electrons. The van der Waals surface area contributed by atoms with Crippen LogP contribution in [-0.4, -0.2) is 22.5 Å². The van der Waals surface area contributed by atoms with Gasteiger partial charge in [0.05, 0.1) is 17.3 Å². The van der Waals surface area contributed by atoms with Crippen LogP contribution in [0.2, 0.25) is 0 Å². The summed E-state index contributed by atoms with van der Waals surface area (Å²) in [6.45, 7) is 0.694. The second kappa shape index (κ2) is 8.05. The van der Waals surface area contributed by atoms with E-state index in [1.54, 1.807) is 23.5 Å². The third kappa shape index (κ3) is 4.11. The van der Waals surface area contributed by atoms with E-state index in [1.165, 1.54) is 12.1 Å². The van der Waals surface area contributed by atoms with E-state index in [4.69, 9.17) is 4.52 Å². The second-order valence-electron chi connectivity index (χ2n) is 6.85. The number of halogens is 1. The molecule has 0 spiro atoms. The van der Waals surface area contributed by atoms with Crippen molar-refractivity contribution in [3.63, 3.8) is 0 Å². The Morgan fingerprint density at radius 2 is 2.15 bits per heavy atom. The highest BCUT2D eigenvalue weighted by molar-refractivity contribution is 7.13. The number of aromatic nitrogens is 1. The van der Waals surface area contributed by atoms with Gasteiger partial charge in [-0.05, 0) is 42.0 Å². The normalized spacial score (nSPS) is 17.7. The summed E-state index contributed by atoms with van der Waals surface area (Å²) in [7, 11) is 0. The van der Waals surface area contributed by atoms with Crippen molar-refractivity contribution in [2.45, 2.75) is 38.1 Å². The SMILES string of the molecule is O=C(Cc1cccc(F)c1)N1CCCCCC1c1cc(-c2cccs2)on1. The van der Waals surface area contributed by atoms with Gasteiger partial charge in [-0.15, -0.1) is 11.3 Å². The van der Waals surface area contributed by atoms with Gasteiger partial charge in [0.1, 0.15) is 11.5 Å². The number of carbonyl (C=O) groups excluding carboxylic acids is 1. The molecule has 2 aromatic heterocycles. The lowest BCUT2D eigenvalue weighted by Crippen LogP contribution is -2.36. The van der Waals surface area contributed by atoms with Gasteiger partial charge in [0.25, 0.3) is 0 Å². The number of rotatable bonds is 4. The van der Waals surface area contributed by atoms with E-state index in [9.17, 15) is 9.18 Å². The highest BCUT2D eigenvalue weighted by Gasteiger charge is 2.29. The smallest absolute Gasteiger partial charge is 0.227 e. The monoisotopic (exact) mass is 384 g/mol. The lowest BCUT2D eigenvalue weighted by molar-refractivity contribution is -0.133. The molecule has 0 bridgehead atoms. The molecule has 0 N–H and O–H groups in total. The van der Waals surface area contributed by atoms with Crippen molar-refractivity contribution in [2.24, 2.45) is 0 Å². The molecule has 4 rings (SSSR count). The lowest BCUT2D eigenvalue weighted by atomic mass is 10.0. The van der Waals surface area contributed by atoms with Crippen molar-refractivity contribution >= 4 is 17.2 Å². The van der Waals surface area contributed by atoms with Crippen LogP contribution in [0, 0.1) is 5.82 Å². The zero-order valence-electron chi connectivity index (χ0n) is 14.9. The van der Waals surface area contributed by atoms with Crippen LogP contribution in [0.1, 0.15) is 43.0 Å². The summed E-state index contributed by atoms with van der Waals surface area (Å²) in [5.41, 5.74) is 1.50. The highest BCUT2D eigenvalue weighted by Crippen LogP contribution is 2.33. The minimum atomic E-state index is -0.315. The molecule has 1 saturated heterocycles. The van der Waals surface area contributed by atoms with Gasteiger partial charge in [0, 0.05) is 12.6 Å². The van der Waals surface area contributed by atoms with Crippen LogP contribution in [0.25, 0.3) is 10.6 Å². The van der Waals surface area contributed by atoms with Gasteiger partial charge in [-0.2, -0.15) is 0 Å². The molecule has 0 aliphatic carbocycles. The van der Waals surface area contributed by atoms with Crippen molar-refractivity contribution in [3.8, 4) is 10.6 Å². The fourth-order valence-corrected chi connectivity index (χ4v) is 4.29. The molecule has 0 saturated carbocycles. The van der Waals surface area contributed by atoms with E-state index < -0.39 is 0 Å². The summed E-state index contributed by atoms with van der Waals surface area (Å²) in [6.07, 6.45) is 4.18. The Kier molecular flexibility index (Phi) is 5.34. The fraction of sp³-hybridized carbons (Fsp3) is 0.333. The predicted octanol–water partition coefficient (Wildman–Crippen LogP) is 5.23. The maximum absolute atomic E-state index is 13.5. The molecular formula is C21H21FN2O2S. The summed E-state index contributed by atoms with van der Waals surface area (Å²) >= 11 is 1.60. The van der Waals surface area contributed by atoms with Gasteiger partial charge in [-0.3, -0.25) is 4.79 Å². The van der Waals surface area contributed by atoms with Gasteiger partial charge in [-0.1, -0.05) is 36.2 Å². The molecule has 3 heterocycles. The minimum absolute atomic E-state index is 0.00757. The van der Waals surface area contributed by atoms with Crippen LogP contribution in [0.15, 0.2) is 52.4 Å². The van der Waals surface area contributed by atoms with Crippen LogP contribution < -0.4 is 0 Å². The van der Waals surface area contributed by atoms with Gasteiger partial charge in [0.2, 0.25) is 5.91 Å². The molecule has 1 aromatic carbocycles. The van der Waals surface area contributed by atoms with Crippen molar-refractivity contribution < 1.29 is 13.7 Å². The number of carbonyl (C=O) groups is 1. The van der Waals surface area contributed by atoms with Gasteiger partial charge < -0.3 is 9.42 Å². The predicted molar refractivity (Wildman–Crippen MR) is 103 cm³/mol. The van der Waals surface area contributed by atoms with Crippen molar-refractivity contribution in [1.82, 2.24) is 10.1 Å². The van der Waals surface area contributed by atoms with Crippen molar-refractivity contribution in [3.05, 3.63) is 64.9 Å². The number of amides is 1. The maximum Gasteiger partial charge on any atom is 0.227 e. The Hall–Kier alpha value is -2.47. The number of nitrogens with zero attached hydrogens (tertiary/aromatic N) is 2. The number of likely N-dealkylation sites (tertiary alicyclic amines) is 1. The van der Waals surface area contributed by atoms with E-state index in [1.807, 2.05) is 28.5 Å². The molecule has 1 aliphatic rings. The molecular weight excluding hydrogens is 363 g/mol. The number of benzene rings is 1. The molecule has 1 fully saturated rings. The van der Waals surface area contributed by atoms with Gasteiger partial charge in [-0.25, -0.2) is 4.39 Å². The Balaban J connectivity index is 1.56. The molecule has 0 radical (unpaired) electrons. The van der Waals surface area contributed by atoms with Crippen LogP contribution >= 0.6 is 11.3 Å². The number of hydrogen-bond donors (Lipinski definition) is 0. The Bertz CT molecular complexity index is 907. The first-order chi connectivity index (χ1) is 13.2. The molecule has 4 nitrogen and oxygen atoms in total. The molecule has 1 atom stereocenters. The first kappa shape index (κ1) is 17.9. The van der Waals surface area contributed by atoms with Gasteiger partial charge >= 0.3 is 0 Å². The molecule has 1 unspecified atom stereocenters. The highest BCUT2D eigenvalue weighted by atomic mass is 32.1. The van der Waals surface area contributed by atoms with E-state index in [-0.39, 0.29) is 24.2 Å². The molecule has 1 amide bonds. The first-order valence-corrected chi connectivity index (χ1v) is 10.1. The average molecular weight is 384 g/mol. The summed E-state index contributed by atoms with van der Waals surface area (Å²) in [6, 6.07) is 12.1. The Morgan fingerprint density at radius 3 is 2.96 bits per heavy atom. The van der Waals surface area contributed by atoms with E-state index in [0.717, 1.165) is 42.0 Å². The zero-order valence-corrected chi connectivity index (χ0v) is 15.8. The third-order valence-electron chi connectivity index (χ3n) is 4.95. The Labute approximate surface area is 161 Å². The fourth-order valence-electron chi connectivity index (χ4n) is 3.62. The average Bonchev–Trinajstić information content (AvgIpc) is 3.29. The largest absolute Gasteiger partial charge is 0.355 e. The van der Waals surface area contributed by atoms with Crippen molar-refractivity contribution in [2.75, 3.05) is 6.54 Å². The number of hydrogen-bond acceptors (Lipinski definition) is 4. The van der Waals surface area contributed by atoms with Crippen LogP contribution in [0.3, 0.4) is 0 Å². The number of thiophene rings is 1. The quantitative estimate of drug-likeness (QED) is 0.619. The lowest BCUT2D eigenvalue weighted by Gasteiger charge is -2.28. The molecule has 1 aliphatic heterocycles. The summed E-state index contributed by atoms with van der Waals surface area (Å²) in [5, 5.41) is 6.27. The van der Waals surface area contributed by atoms with Crippen LogP contribution in [0.5, 0.6) is 0 Å². The second-order valence-corrected chi connectivity index (χ2v) is 7.80. The zero-order chi connectivity index (χ0) is 18.6. The maximum atomic E-state index is 13.5. The van der Waals surface area contributed by atoms with E-state index in [2.05, 4.69) is 5.16 Å². The van der Waals surface area contributed by atoms with E-state index in [0.29, 0.717) is 12.1 Å². The third-order valence-corrected chi connectivity index (χ3v) is 5.84. The van der Waals surface area contributed by atoms with Gasteiger partial charge in [0.15, 0.2) is 5.76 Å². The molecule has 6 heteroatoms. The minimum Gasteiger partial charge on any atom is -0.355 e. The van der Waals surface area contributed by atoms with E-state index >= 15 is 0 Å². The van der Waals surface area contributed by atoms with Crippen LogP contribution in [0.4, 0.5) is 4.39 Å². The topological polar surface area (TPSA) is 46.3 Å². The summed E-state index contributed by atoms with van der Waals surface area (Å²) < 4.78 is 19.0. The first-order valence-electron chi connectivity index (χ1n) is 9.25. The van der Waals surface area contributed by atoms with Crippen molar-refractivity contribution in [1.29, 1.82) is 0 Å². The van der Waals surface area contributed by atoms with Crippen LogP contribution in [-0.2, 0) is 11.2 Å². The molecule has 27 heavy (non-hydrogen) atoms. The molecule has 3 aromatic rings. The standard InChI is InChI=1S/C21H21FN2O2S/c22-16-7-4-6-15(12-16)13-21(25)24-10-3-1-2-8-18(24)17-14-19(26-23-17)20-9-5-11-27-20/h4-7,9,11-12,14,18H,1-3,8,10,13H2. The summed E-state index contributed by atoms with van der Waals surface area (Å²) in [5.74, 6) is 0.430. The Morgan fingerprint density at radius 1 is 1.22 bits per heavy atom.